The van der Waals surface area contributed by atoms with E-state index < -0.39 is 26.5 Å². The summed E-state index contributed by atoms with van der Waals surface area (Å²) < 4.78 is 0. The smallest absolute Gasteiger partial charge is 0.584 e. The molecule has 0 amide bonds. The highest BCUT2D eigenvalue weighted by atomic mass is 16.7. The van der Waals surface area contributed by atoms with Crippen molar-refractivity contribution in [2.75, 3.05) is 5.73 Å². The van der Waals surface area contributed by atoms with Crippen LogP contribution < -0.4 is 15.4 Å². The number of rotatable bonds is 1. The number of nitrogens with zero attached hydrogens (tertiary/aromatic N) is 5. The minimum absolute atomic E-state index is 0.505. The maximum Gasteiger partial charge on any atom is 0.827 e. The van der Waals surface area contributed by atoms with Crippen molar-refractivity contribution in [2.45, 2.75) is 0 Å². The molecule has 0 aliphatic rings. The van der Waals surface area contributed by atoms with Crippen molar-refractivity contribution in [1.82, 2.24) is 10.2 Å². The van der Waals surface area contributed by atoms with E-state index in [1.54, 1.807) is 0 Å². The summed E-state index contributed by atoms with van der Waals surface area (Å²) in [5.41, 5.74) is 4.84. The fourth-order valence-electron chi connectivity index (χ4n) is 0.508. The van der Waals surface area contributed by atoms with E-state index in [0.29, 0.717) is 0 Å². The second-order valence-corrected chi connectivity index (χ2v) is 1.66. The zero-order valence-corrected chi connectivity index (χ0v) is 5.45. The van der Waals surface area contributed by atoms with Gasteiger partial charge in [-0.15, -0.1) is 0 Å². The molecule has 0 aliphatic carbocycles. The largest absolute Gasteiger partial charge is 0.827 e. The zero-order chi connectivity index (χ0) is 9.30. The van der Waals surface area contributed by atoms with E-state index in [1.807, 2.05) is 0 Å². The van der Waals surface area contributed by atoms with E-state index in [4.69, 9.17) is 5.73 Å². The molecule has 0 atom stereocenters. The van der Waals surface area contributed by atoms with Gasteiger partial charge in [0, 0.05) is 0 Å². The predicted molar refractivity (Wildman–Crippen MR) is 31.0 cm³/mol. The van der Waals surface area contributed by atoms with E-state index in [-0.39, 0.29) is 0 Å². The normalized spacial score (nSPS) is 9.67. The molecule has 1 rings (SSSR count). The van der Waals surface area contributed by atoms with E-state index in [9.17, 15) is 20.5 Å². The number of hydrogen-bond acceptors (Lipinski definition) is 7. The highest BCUT2D eigenvalue weighted by Gasteiger charge is 2.37. The Labute approximate surface area is 64.2 Å². The SMILES string of the molecule is Nc1n[n+]([O-])c([N+](=O)[O-])[n+]([O-])n1. The summed E-state index contributed by atoms with van der Waals surface area (Å²) in [5.74, 6) is -1.98. The average Bonchev–Trinajstić information content (AvgIpc) is 1.82. The molecule has 64 valence electrons. The second kappa shape index (κ2) is 2.41. The van der Waals surface area contributed by atoms with Crippen LogP contribution in [-0.4, -0.2) is 15.1 Å². The summed E-state index contributed by atoms with van der Waals surface area (Å²) in [4.78, 5) is 7.78. The second-order valence-electron chi connectivity index (χ2n) is 1.66. The lowest BCUT2D eigenvalue weighted by Gasteiger charge is -1.92. The summed E-state index contributed by atoms with van der Waals surface area (Å²) in [6.45, 7) is 0. The van der Waals surface area contributed by atoms with Crippen molar-refractivity contribution >= 4 is 11.9 Å². The van der Waals surface area contributed by atoms with Crippen LogP contribution in [0.15, 0.2) is 0 Å². The predicted octanol–water partition coefficient (Wildman–Crippen LogP) is -2.77. The van der Waals surface area contributed by atoms with Crippen LogP contribution in [0.4, 0.5) is 11.9 Å². The molecule has 0 unspecified atom stereocenters. The third kappa shape index (κ3) is 1.12. The molecule has 1 aromatic heterocycles. The molecule has 1 aromatic rings. The summed E-state index contributed by atoms with van der Waals surface area (Å²) in [6.07, 6.45) is 0. The first-order chi connectivity index (χ1) is 5.52. The van der Waals surface area contributed by atoms with Gasteiger partial charge in [0.15, 0.2) is 0 Å². The molecule has 0 radical (unpaired) electrons. The van der Waals surface area contributed by atoms with Gasteiger partial charge in [0.05, 0.1) is 19.9 Å². The van der Waals surface area contributed by atoms with Crippen LogP contribution in [0.5, 0.6) is 0 Å². The van der Waals surface area contributed by atoms with Gasteiger partial charge in [0.25, 0.3) is 0 Å². The van der Waals surface area contributed by atoms with Gasteiger partial charge in [-0.2, -0.15) is 0 Å². The van der Waals surface area contributed by atoms with Crippen LogP contribution >= 0.6 is 0 Å². The van der Waals surface area contributed by atoms with Crippen molar-refractivity contribution in [1.29, 1.82) is 0 Å². The first-order valence-corrected chi connectivity index (χ1v) is 2.54. The molecule has 0 saturated carbocycles. The molecule has 0 spiro atoms. The Morgan fingerprint density at radius 3 is 2.08 bits per heavy atom. The standard InChI is InChI=1S/C2H2N6O4/c3-1-4-6(9)2(8(11)12)7(10)5-1/h(H2,3,4,5). The highest BCUT2D eigenvalue weighted by molar-refractivity contribution is 5.04. The summed E-state index contributed by atoms with van der Waals surface area (Å²) >= 11 is 0. The Balaban J connectivity index is 3.38. The molecule has 10 heteroatoms. The maximum absolute atomic E-state index is 10.5. The lowest BCUT2D eigenvalue weighted by molar-refractivity contribution is -0.849. The van der Waals surface area contributed by atoms with Gasteiger partial charge in [-0.05, 0) is 0 Å². The Morgan fingerprint density at radius 2 is 1.75 bits per heavy atom. The molecule has 12 heavy (non-hydrogen) atoms. The van der Waals surface area contributed by atoms with Gasteiger partial charge in [-0.3, -0.25) is 0 Å². The minimum Gasteiger partial charge on any atom is -0.584 e. The number of nitrogens with two attached hydrogens (primary N) is 1. The highest BCUT2D eigenvalue weighted by Crippen LogP contribution is 1.90. The number of aromatic nitrogens is 4. The summed E-state index contributed by atoms with van der Waals surface area (Å²) in [7, 11) is 0. The van der Waals surface area contributed by atoms with Crippen LogP contribution in [0.2, 0.25) is 0 Å². The van der Waals surface area contributed by atoms with Gasteiger partial charge in [0.1, 0.15) is 0 Å². The molecule has 0 bridgehead atoms. The molecule has 2 N–H and O–H groups in total. The van der Waals surface area contributed by atoms with Gasteiger partial charge in [0.2, 0.25) is 4.92 Å². The van der Waals surface area contributed by atoms with Crippen molar-refractivity contribution in [2.24, 2.45) is 0 Å². The average molecular weight is 174 g/mol. The Kier molecular flexibility index (Phi) is 1.58. The van der Waals surface area contributed by atoms with Crippen molar-refractivity contribution < 1.29 is 14.6 Å². The Morgan fingerprint density at radius 1 is 1.33 bits per heavy atom. The molecule has 0 saturated heterocycles. The molecular formula is C2H2N6O4. The Bertz CT molecular complexity index is 313. The van der Waals surface area contributed by atoms with Crippen molar-refractivity contribution in [3.63, 3.8) is 0 Å². The van der Waals surface area contributed by atoms with Crippen molar-refractivity contribution in [3.05, 3.63) is 20.5 Å². The topological polar surface area (TPSA) is 149 Å². The third-order valence-corrected chi connectivity index (χ3v) is 0.892. The first kappa shape index (κ1) is 7.84. The molecular weight excluding hydrogens is 172 g/mol. The molecule has 0 aromatic carbocycles. The molecule has 1 heterocycles. The minimum atomic E-state index is -1.34. The number of anilines is 1. The Hall–Kier alpha value is -2.26. The van der Waals surface area contributed by atoms with Crippen LogP contribution in [0, 0.1) is 20.5 Å². The summed E-state index contributed by atoms with van der Waals surface area (Å²) in [5, 5.41) is 36.7. The van der Waals surface area contributed by atoms with Crippen molar-refractivity contribution in [3.8, 4) is 0 Å². The number of hydrogen-bond donors (Lipinski definition) is 1. The van der Waals surface area contributed by atoms with Crippen LogP contribution in [0.25, 0.3) is 0 Å². The van der Waals surface area contributed by atoms with E-state index >= 15 is 0 Å². The molecule has 10 nitrogen and oxygen atoms in total. The lowest BCUT2D eigenvalue weighted by atomic mass is 11.0. The first-order valence-electron chi connectivity index (χ1n) is 2.54. The van der Waals surface area contributed by atoms with E-state index in [0.717, 1.165) is 0 Å². The van der Waals surface area contributed by atoms with E-state index in [2.05, 4.69) is 10.2 Å². The van der Waals surface area contributed by atoms with Crippen LogP contribution in [-0.2, 0) is 0 Å². The monoisotopic (exact) mass is 174 g/mol. The van der Waals surface area contributed by atoms with Gasteiger partial charge < -0.3 is 16.1 Å². The van der Waals surface area contributed by atoms with Gasteiger partial charge >= 0.3 is 11.9 Å². The van der Waals surface area contributed by atoms with E-state index in [1.165, 1.54) is 0 Å². The molecule has 0 fully saturated rings. The number of nitro groups is 1. The quantitative estimate of drug-likeness (QED) is 0.209. The number of nitrogen functional groups attached to an aromatic ring is 1. The zero-order valence-electron chi connectivity index (χ0n) is 5.45. The van der Waals surface area contributed by atoms with Gasteiger partial charge in [-0.1, -0.05) is 0 Å². The van der Waals surface area contributed by atoms with Crippen LogP contribution in [0.1, 0.15) is 0 Å². The fourth-order valence-corrected chi connectivity index (χ4v) is 0.508. The lowest BCUT2D eigenvalue weighted by Crippen LogP contribution is -2.50. The summed E-state index contributed by atoms with van der Waals surface area (Å²) in [6, 6.07) is 0. The van der Waals surface area contributed by atoms with Gasteiger partial charge in [-0.25, -0.2) is 10.1 Å². The fraction of sp³-hybridized carbons (Fsp3) is 0. The van der Waals surface area contributed by atoms with Crippen LogP contribution in [0.3, 0.4) is 0 Å². The molecule has 0 aliphatic heterocycles. The third-order valence-electron chi connectivity index (χ3n) is 0.892. The maximum atomic E-state index is 10.5.